The lowest BCUT2D eigenvalue weighted by molar-refractivity contribution is 0.0743. The van der Waals surface area contributed by atoms with Crippen LogP contribution in [0.1, 0.15) is 79.7 Å². The molecule has 9 heteroatoms. The number of hydrogen-bond acceptors (Lipinski definition) is 7. The molecular formula is C24H35N5O3S. The Labute approximate surface area is 199 Å². The van der Waals surface area contributed by atoms with Gasteiger partial charge in [-0.15, -0.1) is 11.3 Å². The Kier molecular flexibility index (Phi) is 8.07. The molecule has 2 aromatic rings. The zero-order valence-electron chi connectivity index (χ0n) is 20.3. The third-order valence-corrected chi connectivity index (χ3v) is 7.37. The fraction of sp³-hybridized carbons (Fsp3) is 0.583. The van der Waals surface area contributed by atoms with E-state index in [0.717, 1.165) is 36.2 Å². The van der Waals surface area contributed by atoms with Gasteiger partial charge in [0.2, 0.25) is 0 Å². The smallest absolute Gasteiger partial charge is 0.280 e. The SMILES string of the molecule is CC[C@@H](C)Nc1cc(C)c(-c2sc(C(=O)N[C@@H](C)[C@H](C)O)nc2C(=O)N2CCC[C@@H]2C)cn1. The zero-order valence-corrected chi connectivity index (χ0v) is 21.1. The van der Waals surface area contributed by atoms with Gasteiger partial charge in [0, 0.05) is 30.4 Å². The molecule has 8 nitrogen and oxygen atoms in total. The van der Waals surface area contributed by atoms with E-state index in [0.29, 0.717) is 17.5 Å². The third-order valence-electron chi connectivity index (χ3n) is 6.28. The molecule has 3 heterocycles. The number of likely N-dealkylation sites (tertiary alicyclic amines) is 1. The summed E-state index contributed by atoms with van der Waals surface area (Å²) in [4.78, 5) is 37.8. The Morgan fingerprint density at radius 1 is 1.33 bits per heavy atom. The lowest BCUT2D eigenvalue weighted by Crippen LogP contribution is -2.39. The maximum Gasteiger partial charge on any atom is 0.280 e. The predicted octanol–water partition coefficient (Wildman–Crippen LogP) is 3.85. The number of anilines is 1. The molecule has 0 radical (unpaired) electrons. The van der Waals surface area contributed by atoms with Crippen LogP contribution in [0.5, 0.6) is 0 Å². The second kappa shape index (κ2) is 10.6. The molecule has 180 valence electrons. The van der Waals surface area contributed by atoms with E-state index in [9.17, 15) is 14.7 Å². The van der Waals surface area contributed by atoms with Crippen LogP contribution in [-0.4, -0.2) is 62.6 Å². The average molecular weight is 474 g/mol. The number of hydrogen-bond donors (Lipinski definition) is 3. The van der Waals surface area contributed by atoms with Crippen LogP contribution >= 0.6 is 11.3 Å². The number of pyridine rings is 1. The van der Waals surface area contributed by atoms with Crippen molar-refractivity contribution in [2.45, 2.75) is 85.0 Å². The normalized spacial score (nSPS) is 18.6. The summed E-state index contributed by atoms with van der Waals surface area (Å²) in [5.41, 5.74) is 2.03. The summed E-state index contributed by atoms with van der Waals surface area (Å²) < 4.78 is 0. The molecule has 4 atom stereocenters. The quantitative estimate of drug-likeness (QED) is 0.538. The number of nitrogens with one attached hydrogen (secondary N) is 2. The molecule has 0 unspecified atom stereocenters. The molecular weight excluding hydrogens is 438 g/mol. The molecule has 3 N–H and O–H groups in total. The fourth-order valence-corrected chi connectivity index (χ4v) is 4.77. The highest BCUT2D eigenvalue weighted by Crippen LogP contribution is 2.35. The molecule has 1 fully saturated rings. The molecule has 1 saturated heterocycles. The van der Waals surface area contributed by atoms with Gasteiger partial charge in [0.05, 0.1) is 17.0 Å². The maximum atomic E-state index is 13.4. The number of aliphatic hydroxyl groups is 1. The Hall–Kier alpha value is -2.52. The van der Waals surface area contributed by atoms with Crippen molar-refractivity contribution in [1.82, 2.24) is 20.2 Å². The van der Waals surface area contributed by atoms with Gasteiger partial charge in [-0.05, 0) is 65.5 Å². The van der Waals surface area contributed by atoms with Crippen LogP contribution < -0.4 is 10.6 Å². The molecule has 0 bridgehead atoms. The van der Waals surface area contributed by atoms with E-state index in [2.05, 4.69) is 34.4 Å². The Balaban J connectivity index is 2.00. The van der Waals surface area contributed by atoms with Crippen molar-refractivity contribution in [3.05, 3.63) is 28.5 Å². The number of aryl methyl sites for hydroxylation is 1. The van der Waals surface area contributed by atoms with Gasteiger partial charge in [-0.3, -0.25) is 9.59 Å². The van der Waals surface area contributed by atoms with Crippen LogP contribution in [0.3, 0.4) is 0 Å². The highest BCUT2D eigenvalue weighted by molar-refractivity contribution is 7.17. The highest BCUT2D eigenvalue weighted by atomic mass is 32.1. The van der Waals surface area contributed by atoms with Gasteiger partial charge >= 0.3 is 0 Å². The Morgan fingerprint density at radius 3 is 2.64 bits per heavy atom. The summed E-state index contributed by atoms with van der Waals surface area (Å²) in [5, 5.41) is 16.1. The van der Waals surface area contributed by atoms with Crippen LogP contribution in [0.15, 0.2) is 12.3 Å². The summed E-state index contributed by atoms with van der Waals surface area (Å²) in [6.45, 7) is 12.3. The van der Waals surface area contributed by atoms with Crippen LogP contribution in [-0.2, 0) is 0 Å². The first-order chi connectivity index (χ1) is 15.6. The minimum atomic E-state index is -0.697. The molecule has 0 aliphatic carbocycles. The third kappa shape index (κ3) is 5.70. The molecule has 0 spiro atoms. The van der Waals surface area contributed by atoms with Crippen LogP contribution in [0.4, 0.5) is 5.82 Å². The summed E-state index contributed by atoms with van der Waals surface area (Å²) >= 11 is 1.19. The molecule has 0 aromatic carbocycles. The molecule has 2 aromatic heterocycles. The first-order valence-corrected chi connectivity index (χ1v) is 12.5. The predicted molar refractivity (Wildman–Crippen MR) is 132 cm³/mol. The first kappa shape index (κ1) is 25.1. The number of amides is 2. The number of carbonyl (C=O) groups is 2. The van der Waals surface area contributed by atoms with Gasteiger partial charge < -0.3 is 20.6 Å². The van der Waals surface area contributed by atoms with Crippen molar-refractivity contribution < 1.29 is 14.7 Å². The summed E-state index contributed by atoms with van der Waals surface area (Å²) in [7, 11) is 0. The van der Waals surface area contributed by atoms with Crippen molar-refractivity contribution in [3.8, 4) is 10.4 Å². The van der Waals surface area contributed by atoms with Crippen molar-refractivity contribution in [2.24, 2.45) is 0 Å². The van der Waals surface area contributed by atoms with Crippen molar-refractivity contribution in [2.75, 3.05) is 11.9 Å². The molecule has 3 rings (SSSR count). The fourth-order valence-electron chi connectivity index (χ4n) is 3.73. The van der Waals surface area contributed by atoms with Crippen LogP contribution in [0, 0.1) is 6.92 Å². The first-order valence-electron chi connectivity index (χ1n) is 11.7. The van der Waals surface area contributed by atoms with Crippen molar-refractivity contribution in [3.63, 3.8) is 0 Å². The molecule has 1 aliphatic rings. The van der Waals surface area contributed by atoms with Crippen LogP contribution in [0.2, 0.25) is 0 Å². The average Bonchev–Trinajstić information content (AvgIpc) is 3.39. The second-order valence-corrected chi connectivity index (χ2v) is 10.0. The van der Waals surface area contributed by atoms with E-state index >= 15 is 0 Å². The standard InChI is InChI=1S/C24H35N5O3S/c1-7-14(3)26-19-11-13(2)18(12-25-19)21-20(24(32)29-10-8-9-15(29)4)28-23(33-21)22(31)27-16(5)17(6)30/h11-12,14-17,30H,7-10H2,1-6H3,(H,25,26)(H,27,31)/t14-,15+,16+,17+/m1/s1. The lowest BCUT2D eigenvalue weighted by atomic mass is 10.1. The maximum absolute atomic E-state index is 13.4. The van der Waals surface area contributed by atoms with Gasteiger partial charge in [-0.2, -0.15) is 0 Å². The lowest BCUT2D eigenvalue weighted by Gasteiger charge is -2.21. The molecule has 2 amide bonds. The van der Waals surface area contributed by atoms with Crippen molar-refractivity contribution >= 4 is 29.0 Å². The zero-order chi connectivity index (χ0) is 24.3. The minimum Gasteiger partial charge on any atom is -0.391 e. The van der Waals surface area contributed by atoms with E-state index in [-0.39, 0.29) is 22.7 Å². The summed E-state index contributed by atoms with van der Waals surface area (Å²) in [5.74, 6) is 0.221. The molecule has 33 heavy (non-hydrogen) atoms. The number of carbonyl (C=O) groups excluding carboxylic acids is 2. The van der Waals surface area contributed by atoms with E-state index in [4.69, 9.17) is 0 Å². The van der Waals surface area contributed by atoms with Crippen molar-refractivity contribution in [1.29, 1.82) is 0 Å². The van der Waals surface area contributed by atoms with Gasteiger partial charge in [-0.1, -0.05) is 6.92 Å². The van der Waals surface area contributed by atoms with Gasteiger partial charge in [0.25, 0.3) is 11.8 Å². The van der Waals surface area contributed by atoms with E-state index in [1.165, 1.54) is 11.3 Å². The minimum absolute atomic E-state index is 0.140. The number of rotatable bonds is 8. The highest BCUT2D eigenvalue weighted by Gasteiger charge is 2.32. The summed E-state index contributed by atoms with van der Waals surface area (Å²) in [6, 6.07) is 1.97. The van der Waals surface area contributed by atoms with E-state index < -0.39 is 18.1 Å². The van der Waals surface area contributed by atoms with Gasteiger partial charge in [0.1, 0.15) is 11.5 Å². The Bertz CT molecular complexity index is 1010. The monoisotopic (exact) mass is 473 g/mol. The number of aromatic nitrogens is 2. The van der Waals surface area contributed by atoms with Gasteiger partial charge in [-0.25, -0.2) is 9.97 Å². The van der Waals surface area contributed by atoms with E-state index in [1.54, 1.807) is 20.0 Å². The second-order valence-electron chi connectivity index (χ2n) is 9.03. The molecule has 0 saturated carbocycles. The summed E-state index contributed by atoms with van der Waals surface area (Å²) in [6.07, 6.45) is 3.95. The van der Waals surface area contributed by atoms with Gasteiger partial charge in [0.15, 0.2) is 5.01 Å². The largest absolute Gasteiger partial charge is 0.391 e. The Morgan fingerprint density at radius 2 is 2.06 bits per heavy atom. The number of nitrogens with zero attached hydrogens (tertiary/aromatic N) is 3. The number of aliphatic hydroxyl groups excluding tert-OH is 1. The van der Waals surface area contributed by atoms with Crippen LogP contribution in [0.25, 0.3) is 10.4 Å². The molecule has 1 aliphatic heterocycles. The van der Waals surface area contributed by atoms with E-state index in [1.807, 2.05) is 24.8 Å². The number of thiazole rings is 1. The topological polar surface area (TPSA) is 107 Å².